The Morgan fingerprint density at radius 3 is 2.74 bits per heavy atom. The number of methoxy groups -OCH3 is 1. The third kappa shape index (κ3) is 4.51. The van der Waals surface area contributed by atoms with E-state index in [2.05, 4.69) is 21.9 Å². The molecule has 0 aliphatic rings. The molecule has 5 nitrogen and oxygen atoms in total. The van der Waals surface area contributed by atoms with Crippen molar-refractivity contribution in [1.82, 2.24) is 15.0 Å². The zero-order chi connectivity index (χ0) is 19.2. The van der Waals surface area contributed by atoms with E-state index in [0.29, 0.717) is 16.7 Å². The molecular weight excluding hydrogens is 360 g/mol. The Bertz CT molecular complexity index is 1030. The van der Waals surface area contributed by atoms with Crippen molar-refractivity contribution in [3.8, 4) is 17.1 Å². The summed E-state index contributed by atoms with van der Waals surface area (Å²) in [5.41, 5.74) is 2.47. The van der Waals surface area contributed by atoms with Gasteiger partial charge in [-0.05, 0) is 49.4 Å². The van der Waals surface area contributed by atoms with Gasteiger partial charge < -0.3 is 10.1 Å². The molecule has 0 amide bonds. The Hall–Kier alpha value is -3.18. The Kier molecular flexibility index (Phi) is 5.84. The number of rotatable bonds is 6. The summed E-state index contributed by atoms with van der Waals surface area (Å²) in [5.74, 6) is 1.98. The van der Waals surface area contributed by atoms with E-state index in [1.165, 1.54) is 0 Å². The molecule has 0 spiro atoms. The maximum absolute atomic E-state index is 5.84. The summed E-state index contributed by atoms with van der Waals surface area (Å²) in [4.78, 5) is 13.5. The molecule has 3 rings (SSSR count). The summed E-state index contributed by atoms with van der Waals surface area (Å²) < 4.78 is 5.35. The number of allylic oxidation sites excluding steroid dienone is 4. The van der Waals surface area contributed by atoms with Crippen molar-refractivity contribution in [3.63, 3.8) is 0 Å². The van der Waals surface area contributed by atoms with Crippen LogP contribution in [0, 0.1) is 0 Å². The summed E-state index contributed by atoms with van der Waals surface area (Å²) in [6.45, 7) is 5.60. The highest BCUT2D eigenvalue weighted by Gasteiger charge is 2.11. The number of nitrogens with one attached hydrogen (secondary N) is 1. The number of ether oxygens (including phenoxy) is 1. The first kappa shape index (κ1) is 18.6. The second-order valence-electron chi connectivity index (χ2n) is 5.67. The molecule has 0 saturated heterocycles. The van der Waals surface area contributed by atoms with Crippen LogP contribution in [0.3, 0.4) is 0 Å². The van der Waals surface area contributed by atoms with Crippen molar-refractivity contribution >= 4 is 28.3 Å². The number of halogens is 1. The Balaban J connectivity index is 2.13. The van der Waals surface area contributed by atoms with E-state index < -0.39 is 0 Å². The van der Waals surface area contributed by atoms with Gasteiger partial charge in [0.25, 0.3) is 0 Å². The van der Waals surface area contributed by atoms with Crippen molar-refractivity contribution in [2.45, 2.75) is 6.92 Å². The standard InChI is InChI=1S/C21H19ClN4O/c1-4-16(8-7-14(2)22)24-21-18-12-17(27-3)9-10-19(18)25-20(26-21)15-6-5-11-23-13-15/h4-13H,2H2,1,3H3,(H,24,25,26)/b8-7-,16-4+. The van der Waals surface area contributed by atoms with Gasteiger partial charge in [0, 0.05) is 34.1 Å². The average Bonchev–Trinajstić information content (AvgIpc) is 2.70. The van der Waals surface area contributed by atoms with Gasteiger partial charge in [0.2, 0.25) is 0 Å². The molecule has 1 N–H and O–H groups in total. The predicted molar refractivity (Wildman–Crippen MR) is 111 cm³/mol. The van der Waals surface area contributed by atoms with Crippen molar-refractivity contribution in [1.29, 1.82) is 0 Å². The first-order chi connectivity index (χ1) is 13.1. The number of aromatic nitrogens is 3. The van der Waals surface area contributed by atoms with Gasteiger partial charge in [-0.2, -0.15) is 0 Å². The third-order valence-electron chi connectivity index (χ3n) is 3.84. The molecule has 0 aliphatic heterocycles. The van der Waals surface area contributed by atoms with Crippen LogP contribution in [0.15, 0.2) is 78.3 Å². The van der Waals surface area contributed by atoms with Gasteiger partial charge in [0.1, 0.15) is 11.6 Å². The molecule has 0 atom stereocenters. The number of benzene rings is 1. The Morgan fingerprint density at radius 2 is 2.07 bits per heavy atom. The quantitative estimate of drug-likeness (QED) is 0.588. The highest BCUT2D eigenvalue weighted by atomic mass is 35.5. The minimum Gasteiger partial charge on any atom is -0.497 e. The lowest BCUT2D eigenvalue weighted by Gasteiger charge is -2.12. The van der Waals surface area contributed by atoms with E-state index in [4.69, 9.17) is 21.3 Å². The number of hydrogen-bond donors (Lipinski definition) is 1. The number of pyridine rings is 1. The maximum Gasteiger partial charge on any atom is 0.163 e. The fraction of sp³-hybridized carbons (Fsp3) is 0.0952. The molecule has 0 aliphatic carbocycles. The summed E-state index contributed by atoms with van der Waals surface area (Å²) in [6.07, 6.45) is 8.94. The van der Waals surface area contributed by atoms with Gasteiger partial charge in [-0.25, -0.2) is 9.97 Å². The third-order valence-corrected chi connectivity index (χ3v) is 3.97. The van der Waals surface area contributed by atoms with E-state index in [0.717, 1.165) is 27.9 Å². The van der Waals surface area contributed by atoms with E-state index >= 15 is 0 Å². The number of nitrogens with zero attached hydrogens (tertiary/aromatic N) is 3. The zero-order valence-corrected chi connectivity index (χ0v) is 15.9. The second-order valence-corrected chi connectivity index (χ2v) is 6.16. The molecule has 136 valence electrons. The average molecular weight is 379 g/mol. The smallest absolute Gasteiger partial charge is 0.163 e. The zero-order valence-electron chi connectivity index (χ0n) is 15.1. The van der Waals surface area contributed by atoms with E-state index in [9.17, 15) is 0 Å². The van der Waals surface area contributed by atoms with Crippen LogP contribution in [-0.4, -0.2) is 22.1 Å². The van der Waals surface area contributed by atoms with Crippen LogP contribution >= 0.6 is 11.6 Å². The van der Waals surface area contributed by atoms with Gasteiger partial charge in [-0.15, -0.1) is 0 Å². The van der Waals surface area contributed by atoms with Crippen LogP contribution < -0.4 is 10.1 Å². The molecule has 2 aromatic heterocycles. The first-order valence-corrected chi connectivity index (χ1v) is 8.70. The van der Waals surface area contributed by atoms with Crippen molar-refractivity contribution < 1.29 is 4.74 Å². The summed E-state index contributed by atoms with van der Waals surface area (Å²) in [5, 5.41) is 4.63. The number of anilines is 1. The normalized spacial score (nSPS) is 11.7. The SMILES string of the molecule is C=C(Cl)/C=C\C(=C/C)Nc1nc(-c2cccnc2)nc2ccc(OC)cc12. The van der Waals surface area contributed by atoms with Crippen molar-refractivity contribution in [3.05, 3.63) is 78.3 Å². The fourth-order valence-electron chi connectivity index (χ4n) is 2.48. The minimum absolute atomic E-state index is 0.446. The largest absolute Gasteiger partial charge is 0.497 e. The van der Waals surface area contributed by atoms with E-state index in [1.807, 2.05) is 49.4 Å². The molecule has 0 bridgehead atoms. The topological polar surface area (TPSA) is 59.9 Å². The second kappa shape index (κ2) is 8.47. The van der Waals surface area contributed by atoms with Crippen LogP contribution in [0.1, 0.15) is 6.92 Å². The molecule has 0 saturated carbocycles. The number of fused-ring (bicyclic) bond motifs is 1. The number of hydrogen-bond acceptors (Lipinski definition) is 5. The fourth-order valence-corrected chi connectivity index (χ4v) is 2.54. The lowest BCUT2D eigenvalue weighted by atomic mass is 10.2. The maximum atomic E-state index is 5.84. The van der Waals surface area contributed by atoms with E-state index in [1.54, 1.807) is 25.6 Å². The predicted octanol–water partition coefficient (Wildman–Crippen LogP) is 5.32. The molecule has 1 aromatic carbocycles. The highest BCUT2D eigenvalue weighted by Crippen LogP contribution is 2.29. The van der Waals surface area contributed by atoms with Crippen LogP contribution in [0.2, 0.25) is 0 Å². The molecular formula is C21H19ClN4O. The lowest BCUT2D eigenvalue weighted by molar-refractivity contribution is 0.415. The molecule has 0 radical (unpaired) electrons. The van der Waals surface area contributed by atoms with Gasteiger partial charge in [0.05, 0.1) is 12.6 Å². The Morgan fingerprint density at radius 1 is 1.22 bits per heavy atom. The summed E-state index contributed by atoms with van der Waals surface area (Å²) in [6, 6.07) is 9.47. The first-order valence-electron chi connectivity index (χ1n) is 8.32. The van der Waals surface area contributed by atoms with Crippen LogP contribution in [0.4, 0.5) is 5.82 Å². The van der Waals surface area contributed by atoms with Crippen LogP contribution in [0.5, 0.6) is 5.75 Å². The molecule has 2 heterocycles. The van der Waals surface area contributed by atoms with Gasteiger partial charge >= 0.3 is 0 Å². The van der Waals surface area contributed by atoms with Crippen LogP contribution in [-0.2, 0) is 0 Å². The molecule has 0 fully saturated rings. The van der Waals surface area contributed by atoms with Crippen molar-refractivity contribution in [2.75, 3.05) is 12.4 Å². The minimum atomic E-state index is 0.446. The van der Waals surface area contributed by atoms with Gasteiger partial charge in [-0.1, -0.05) is 24.3 Å². The lowest BCUT2D eigenvalue weighted by Crippen LogP contribution is -2.03. The molecule has 0 unspecified atom stereocenters. The Labute approximate surface area is 163 Å². The van der Waals surface area contributed by atoms with Gasteiger partial charge in [-0.3, -0.25) is 4.98 Å². The van der Waals surface area contributed by atoms with Crippen molar-refractivity contribution in [2.24, 2.45) is 0 Å². The van der Waals surface area contributed by atoms with E-state index in [-0.39, 0.29) is 0 Å². The molecule has 6 heteroatoms. The summed E-state index contributed by atoms with van der Waals surface area (Å²) in [7, 11) is 1.63. The summed E-state index contributed by atoms with van der Waals surface area (Å²) >= 11 is 5.84. The molecule has 27 heavy (non-hydrogen) atoms. The van der Waals surface area contributed by atoms with Gasteiger partial charge in [0.15, 0.2) is 5.82 Å². The monoisotopic (exact) mass is 378 g/mol. The molecule has 3 aromatic rings. The van der Waals surface area contributed by atoms with Crippen LogP contribution in [0.25, 0.3) is 22.3 Å². The highest BCUT2D eigenvalue weighted by molar-refractivity contribution is 6.30.